The number of non-ortho nitro benzene ring substituents is 2. The standard InChI is InChI=1S/C38H51N7O6.C23H30ClN5O5.C15H20N2O3.C15H22N2O.C8H17N.C7H5NO4.CH4/c1-24(2)25-16-20-42(21-17-25)31(46)26-12-14-28(15-13-26)40-33-39-23-27-22-29-43(30(27)41-33)38(18-10-9-11-19-38)32(47)45(35(49)51-37(6,7)8)44(29)34(48)50-36(3,4)5;1-21(2,3)33-19(31)28-15-12-14-13-25-18(24)26-16(14)27(15)23(10-8-7-9-11-23)17(30)29(28)20(32)34-22(4,5)6;1-11(2)12-7-9-16(10-8-12)15(18)13-3-5-14(6-4-13)17(19)20;1-11(2)12-7-9-17(10-8-12)15(18)13-3-5-14(16)6-4-13;1-7(2)8-3-5-9-6-4-8;9-7(10)5-1-3-6(4-2-5)8(11)12;/h12-15,22-25H,9-11,16-21H2,1-8H3,(H,39,40,41);12-13H,7-11H2,1-6H3;3-6,11-12H,7-10H2,1-2H3;3-6,11-12H,7-10,16H2,1-2H3;7-9H,3-6H2,1-2H3;1-4H,(H,9,10);1H4. The van der Waals surface area contributed by atoms with E-state index >= 15 is 0 Å². The maximum Gasteiger partial charge on any atom is 0.437 e. The first kappa shape index (κ1) is 114. The van der Waals surface area contributed by atoms with Gasteiger partial charge in [-0.2, -0.15) is 20.0 Å². The van der Waals surface area contributed by atoms with Crippen LogP contribution in [-0.4, -0.2) is 203 Å². The summed E-state index contributed by atoms with van der Waals surface area (Å²) in [7, 11) is 0. The van der Waals surface area contributed by atoms with Gasteiger partial charge in [0.1, 0.15) is 56.4 Å². The number of piperidine rings is 4. The Labute approximate surface area is 855 Å². The molecule has 0 atom stereocenters. The summed E-state index contributed by atoms with van der Waals surface area (Å²) < 4.78 is 26.1. The van der Waals surface area contributed by atoms with Crippen molar-refractivity contribution in [3.05, 3.63) is 169 Å². The number of nitrogen functional groups attached to an aromatic ring is 1. The summed E-state index contributed by atoms with van der Waals surface area (Å²) in [5, 5.41) is 40.5. The van der Waals surface area contributed by atoms with E-state index in [2.05, 4.69) is 81.0 Å². The second-order valence-electron chi connectivity index (χ2n) is 43.7. The third kappa shape index (κ3) is 28.9. The highest BCUT2D eigenvalue weighted by Crippen LogP contribution is 2.50. The Morgan fingerprint density at radius 1 is 0.441 bits per heavy atom. The van der Waals surface area contributed by atoms with Crippen LogP contribution < -0.4 is 26.4 Å². The maximum absolute atomic E-state index is 14.7. The van der Waals surface area contributed by atoms with Crippen LogP contribution >= 0.6 is 11.6 Å². The van der Waals surface area contributed by atoms with Crippen LogP contribution in [0.2, 0.25) is 5.28 Å². The molecular weight excluding hydrogens is 1880 g/mol. The highest BCUT2D eigenvalue weighted by Gasteiger charge is 2.59. The van der Waals surface area contributed by atoms with Gasteiger partial charge in [-0.05, 0) is 317 Å². The molecule has 2 spiro atoms. The van der Waals surface area contributed by atoms with Crippen molar-refractivity contribution in [2.24, 2.45) is 47.3 Å². The van der Waals surface area contributed by atoms with Gasteiger partial charge in [-0.25, -0.2) is 33.9 Å². The molecule has 0 unspecified atom stereocenters. The molecule has 38 heteroatoms. The van der Waals surface area contributed by atoms with Crippen LogP contribution in [0, 0.1) is 67.6 Å². The number of carboxylic acid groups (broad SMARTS) is 1. The number of hydrogen-bond donors (Lipinski definition) is 4. The Balaban J connectivity index is 0.000000196. The molecule has 145 heavy (non-hydrogen) atoms. The van der Waals surface area contributed by atoms with Gasteiger partial charge in [0.05, 0.1) is 15.4 Å². The highest BCUT2D eigenvalue weighted by molar-refractivity contribution is 6.28. The number of nitrogens with two attached hydrogens (primary N) is 1. The minimum Gasteiger partial charge on any atom is -0.478 e. The maximum atomic E-state index is 14.7. The van der Waals surface area contributed by atoms with E-state index in [-0.39, 0.29) is 65.0 Å². The van der Waals surface area contributed by atoms with E-state index in [1.807, 2.05) is 39.0 Å². The molecule has 2 saturated carbocycles. The molecule has 5 N–H and O–H groups in total. The number of carbonyl (C=O) groups excluding carboxylic acids is 9. The third-order valence-corrected chi connectivity index (χ3v) is 27.5. The largest absolute Gasteiger partial charge is 0.478 e. The van der Waals surface area contributed by atoms with Gasteiger partial charge in [0, 0.05) is 115 Å². The number of carbonyl (C=O) groups is 10. The molecule has 8 aromatic rings. The van der Waals surface area contributed by atoms with Gasteiger partial charge in [-0.3, -0.25) is 53.3 Å². The van der Waals surface area contributed by atoms with Crippen molar-refractivity contribution >= 4 is 134 Å². The molecule has 10 heterocycles. The number of imide groups is 2. The number of fused-ring (bicyclic) bond motifs is 8. The lowest BCUT2D eigenvalue weighted by atomic mass is 9.79. The van der Waals surface area contributed by atoms with Crippen molar-refractivity contribution in [3.8, 4) is 0 Å². The van der Waals surface area contributed by atoms with Crippen molar-refractivity contribution < 1.29 is 81.8 Å². The number of carboxylic acids is 1. The van der Waals surface area contributed by atoms with Gasteiger partial charge in [0.25, 0.3) is 40.9 Å². The number of anilines is 5. The third-order valence-electron chi connectivity index (χ3n) is 27.3. The van der Waals surface area contributed by atoms with Gasteiger partial charge < -0.3 is 55.1 Å². The normalized spacial score (nSPS) is 17.3. The Morgan fingerprint density at radius 2 is 0.738 bits per heavy atom. The quantitative estimate of drug-likeness (QED) is 0.0290. The number of likely N-dealkylation sites (tertiary alicyclic amines) is 3. The second kappa shape index (κ2) is 48.4. The van der Waals surface area contributed by atoms with Crippen LogP contribution in [0.15, 0.2) is 122 Å². The lowest BCUT2D eigenvalue weighted by Gasteiger charge is -2.48. The monoisotopic (exact) mass is 2030 g/mol. The first-order valence-corrected chi connectivity index (χ1v) is 50.7. The molecule has 6 aliphatic heterocycles. The Bertz CT molecular complexity index is 5820. The Hall–Kier alpha value is -12.9. The van der Waals surface area contributed by atoms with E-state index in [4.69, 9.17) is 46.4 Å². The minimum atomic E-state index is -1.19. The highest BCUT2D eigenvalue weighted by atomic mass is 35.5. The van der Waals surface area contributed by atoms with Gasteiger partial charge in [0.2, 0.25) is 11.2 Å². The summed E-state index contributed by atoms with van der Waals surface area (Å²) in [5.41, 5.74) is 3.78. The number of nitrogens with one attached hydrogen (secondary N) is 2. The van der Waals surface area contributed by atoms with Crippen LogP contribution in [0.1, 0.15) is 303 Å². The van der Waals surface area contributed by atoms with Crippen molar-refractivity contribution in [1.82, 2.24) is 59.1 Å². The molecule has 4 aromatic carbocycles. The first-order chi connectivity index (χ1) is 67.7. The van der Waals surface area contributed by atoms with Crippen LogP contribution in [-0.2, 0) is 39.6 Å². The van der Waals surface area contributed by atoms with Crippen LogP contribution in [0.5, 0.6) is 0 Å². The van der Waals surface area contributed by atoms with Gasteiger partial charge in [-0.1, -0.05) is 101 Å². The predicted octanol–water partition coefficient (Wildman–Crippen LogP) is 22.4. The van der Waals surface area contributed by atoms with Gasteiger partial charge in [-0.15, -0.1) is 10.0 Å². The first-order valence-electron chi connectivity index (χ1n) is 50.4. The Kier molecular flexibility index (Phi) is 38.0. The summed E-state index contributed by atoms with van der Waals surface area (Å²) >= 11 is 6.11. The van der Waals surface area contributed by atoms with Gasteiger partial charge in [0.15, 0.2) is 0 Å². The fraction of sp³-hybridized carbons (Fsp3) is 0.570. The number of hydrogen-bond acceptors (Lipinski definition) is 25. The number of nitro groups is 2. The molecule has 8 aliphatic rings. The zero-order valence-electron chi connectivity index (χ0n) is 87.0. The number of rotatable bonds is 12. The summed E-state index contributed by atoms with van der Waals surface area (Å²) in [4.78, 5) is 175. The minimum absolute atomic E-state index is 0. The zero-order chi connectivity index (χ0) is 106. The molecule has 6 fully saturated rings. The molecular formula is C107H149ClN18O19. The molecule has 16 rings (SSSR count). The fourth-order valence-electron chi connectivity index (χ4n) is 19.4. The number of nitro benzene ring substituents is 2. The van der Waals surface area contributed by atoms with Gasteiger partial charge >= 0.3 is 30.3 Å². The summed E-state index contributed by atoms with van der Waals surface area (Å²) in [5.74, 6) is 4.71. The number of benzene rings is 4. The molecule has 0 radical (unpaired) electrons. The molecule has 37 nitrogen and oxygen atoms in total. The zero-order valence-corrected chi connectivity index (χ0v) is 87.8. The fourth-order valence-corrected chi connectivity index (χ4v) is 19.6. The molecule has 0 bridgehead atoms. The summed E-state index contributed by atoms with van der Waals surface area (Å²) in [6.07, 6.45) is 15.4. The molecule has 788 valence electrons. The van der Waals surface area contributed by atoms with E-state index in [1.54, 1.807) is 135 Å². The molecule has 4 saturated heterocycles. The molecule has 4 aromatic heterocycles. The Morgan fingerprint density at radius 3 is 1.05 bits per heavy atom. The molecule has 2 aliphatic carbocycles. The number of aromatic nitrogens is 6. The topological polar surface area (TPSA) is 448 Å². The average molecular weight is 2030 g/mol. The predicted molar refractivity (Wildman–Crippen MR) is 557 cm³/mol. The van der Waals surface area contributed by atoms with E-state index in [1.165, 1.54) is 68.5 Å². The number of ether oxygens (including phenoxy) is 4. The number of amides is 9. The summed E-state index contributed by atoms with van der Waals surface area (Å²) in [6, 6.07) is 28.4. The van der Waals surface area contributed by atoms with Crippen molar-refractivity contribution in [3.63, 3.8) is 0 Å². The van der Waals surface area contributed by atoms with Crippen molar-refractivity contribution in [2.45, 2.75) is 295 Å². The van der Waals surface area contributed by atoms with Crippen LogP contribution in [0.25, 0.3) is 22.1 Å². The van der Waals surface area contributed by atoms with E-state index in [0.717, 1.165) is 178 Å². The van der Waals surface area contributed by atoms with E-state index in [9.17, 15) is 68.2 Å². The number of hydrazine groups is 2. The van der Waals surface area contributed by atoms with Crippen molar-refractivity contribution in [1.29, 1.82) is 0 Å². The number of halogens is 1. The number of nitrogens with zero attached hydrogens (tertiary/aromatic N) is 15. The number of aromatic carboxylic acids is 1. The average Bonchev–Trinajstić information content (AvgIpc) is 1.55. The lowest BCUT2D eigenvalue weighted by Crippen LogP contribution is -2.66. The lowest BCUT2D eigenvalue weighted by molar-refractivity contribution is -0.385. The SMILES string of the molecule is C.CC(C)(C)OC(=O)N1C(=O)C2(CCCCC2)n2c(cc3cnc(Cl)nc32)N1C(=O)OC(C)(C)C.CC(C)C1CCN(C(=O)c2ccc(N)cc2)CC1.CC(C)C1CCN(C(=O)c2ccc(Nc3ncc4cc5n(c4n3)C3(CCCCC3)C(=O)N(C(=O)OC(C)(C)C)N5C(=O)OC(C)(C)C)cc2)CC1.CC(C)C1CCN(C(=O)c2ccc([N+](=O)[O-])cc2)CC1.CC(C)C1CCNCC1.O=C(O)c1ccc([N+](=O)[O-])cc1. The van der Waals surface area contributed by atoms with E-state index < -0.39 is 85.5 Å². The van der Waals surface area contributed by atoms with Crippen molar-refractivity contribution in [2.75, 3.05) is 73.4 Å². The van der Waals surface area contributed by atoms with E-state index in [0.29, 0.717) is 93.9 Å². The van der Waals surface area contributed by atoms with Crippen LogP contribution in [0.3, 0.4) is 0 Å². The smallest absolute Gasteiger partial charge is 0.437 e. The summed E-state index contributed by atoms with van der Waals surface area (Å²) in [6.45, 7) is 45.9. The molecule has 9 amide bonds. The second-order valence-corrected chi connectivity index (χ2v) is 44.1. The van der Waals surface area contributed by atoms with Crippen LogP contribution in [0.4, 0.5) is 59.5 Å².